The normalized spacial score (nSPS) is 16.4. The van der Waals surface area contributed by atoms with Gasteiger partial charge in [-0.05, 0) is 18.2 Å². The van der Waals surface area contributed by atoms with Crippen molar-refractivity contribution in [3.8, 4) is 0 Å². The van der Waals surface area contributed by atoms with Crippen LogP contribution in [0, 0.1) is 0 Å². The van der Waals surface area contributed by atoms with E-state index in [1.54, 1.807) is 5.32 Å². The molecular weight excluding hydrogens is 507 g/mol. The summed E-state index contributed by atoms with van der Waals surface area (Å²) in [6.45, 7) is -5.53. The molecule has 1 atom stereocenters. The molecule has 1 aliphatic rings. The van der Waals surface area contributed by atoms with E-state index in [9.17, 15) is 53.9 Å². The van der Waals surface area contributed by atoms with Gasteiger partial charge in [-0.15, -0.1) is 0 Å². The summed E-state index contributed by atoms with van der Waals surface area (Å²) in [7, 11) is 0. The van der Waals surface area contributed by atoms with Gasteiger partial charge >= 0.3 is 18.5 Å². The molecule has 0 radical (unpaired) electrons. The summed E-state index contributed by atoms with van der Waals surface area (Å²) < 4.78 is 122. The van der Waals surface area contributed by atoms with Crippen LogP contribution in [-0.2, 0) is 25.3 Å². The van der Waals surface area contributed by atoms with Crippen LogP contribution in [0.5, 0.6) is 0 Å². The maximum atomic E-state index is 13.6. The van der Waals surface area contributed by atoms with Crippen molar-refractivity contribution in [1.82, 2.24) is 4.90 Å². The number of amides is 3. The number of primary amides is 1. The number of nitrogens with two attached hydrogens (primary N) is 1. The first-order valence-electron chi connectivity index (χ1n) is 9.46. The molecule has 8 nitrogen and oxygen atoms in total. The SMILES string of the molecule is NC(=O)[C@H](C(=O)Nc1ccc(N2CCOCC2=O)c(C(F)(F)F)c1)N(CC(F)(F)F)CC(F)(F)F. The number of ether oxygens (including phenoxy) is 1. The molecule has 3 N–H and O–H groups in total. The van der Waals surface area contributed by atoms with E-state index in [1.165, 1.54) is 0 Å². The van der Waals surface area contributed by atoms with Crippen molar-refractivity contribution in [2.24, 2.45) is 5.73 Å². The fourth-order valence-corrected chi connectivity index (χ4v) is 3.23. The second-order valence-corrected chi connectivity index (χ2v) is 7.26. The van der Waals surface area contributed by atoms with E-state index in [1.807, 2.05) is 0 Å². The monoisotopic (exact) mass is 524 g/mol. The van der Waals surface area contributed by atoms with E-state index in [0.717, 1.165) is 17.0 Å². The summed E-state index contributed by atoms with van der Waals surface area (Å²) in [5.74, 6) is -4.53. The second kappa shape index (κ2) is 10.3. The predicted octanol–water partition coefficient (Wildman–Crippen LogP) is 2.29. The van der Waals surface area contributed by atoms with E-state index in [4.69, 9.17) is 10.5 Å². The van der Waals surface area contributed by atoms with Gasteiger partial charge in [0, 0.05) is 12.2 Å². The lowest BCUT2D eigenvalue weighted by atomic mass is 10.1. The van der Waals surface area contributed by atoms with Crippen LogP contribution in [0.3, 0.4) is 0 Å². The molecule has 1 aromatic rings. The number of nitrogens with zero attached hydrogens (tertiary/aromatic N) is 2. The lowest BCUT2D eigenvalue weighted by Crippen LogP contribution is -2.56. The van der Waals surface area contributed by atoms with E-state index in [0.29, 0.717) is 6.07 Å². The zero-order valence-electron chi connectivity index (χ0n) is 17.4. The molecule has 1 saturated heterocycles. The van der Waals surface area contributed by atoms with Crippen molar-refractivity contribution in [3.05, 3.63) is 23.8 Å². The maximum absolute atomic E-state index is 13.6. The van der Waals surface area contributed by atoms with Gasteiger partial charge in [0.1, 0.15) is 6.61 Å². The molecule has 35 heavy (non-hydrogen) atoms. The number of carbonyl (C=O) groups excluding carboxylic acids is 3. The number of hydrogen-bond donors (Lipinski definition) is 2. The number of morpholine rings is 1. The van der Waals surface area contributed by atoms with Crippen LogP contribution in [0.2, 0.25) is 0 Å². The molecule has 0 bridgehead atoms. The zero-order valence-corrected chi connectivity index (χ0v) is 17.4. The number of alkyl halides is 9. The summed E-state index contributed by atoms with van der Waals surface area (Å²) in [5, 5.41) is 1.68. The smallest absolute Gasteiger partial charge is 0.370 e. The number of anilines is 2. The Balaban J connectivity index is 2.40. The molecule has 1 heterocycles. The molecule has 0 aliphatic carbocycles. The van der Waals surface area contributed by atoms with Crippen LogP contribution in [-0.4, -0.2) is 73.9 Å². The lowest BCUT2D eigenvalue weighted by molar-refractivity contribution is -0.187. The lowest BCUT2D eigenvalue weighted by Gasteiger charge is -2.30. The molecule has 1 aliphatic heterocycles. The molecule has 1 aromatic carbocycles. The molecule has 0 spiro atoms. The first-order chi connectivity index (χ1) is 15.9. The summed E-state index contributed by atoms with van der Waals surface area (Å²) in [5.41, 5.74) is 2.07. The highest BCUT2D eigenvalue weighted by molar-refractivity contribution is 6.09. The quantitative estimate of drug-likeness (QED) is 0.421. The van der Waals surface area contributed by atoms with Gasteiger partial charge in [-0.2, -0.15) is 39.5 Å². The molecule has 0 aromatic heterocycles. The Kier molecular flexibility index (Phi) is 8.26. The van der Waals surface area contributed by atoms with E-state index in [2.05, 4.69) is 0 Å². The zero-order chi connectivity index (χ0) is 26.8. The van der Waals surface area contributed by atoms with Crippen LogP contribution >= 0.6 is 0 Å². The maximum Gasteiger partial charge on any atom is 0.418 e. The number of rotatable bonds is 7. The van der Waals surface area contributed by atoms with E-state index < -0.39 is 83.8 Å². The summed E-state index contributed by atoms with van der Waals surface area (Å²) in [6.07, 6.45) is -15.7. The molecule has 1 fully saturated rings. The summed E-state index contributed by atoms with van der Waals surface area (Å²) in [4.78, 5) is 36.1. The standard InChI is InChI=1S/C18H17F9N4O4/c19-16(20,21)7-30(8-17(22,23)24)13(14(28)33)15(34)29-9-1-2-11(10(5-9)18(25,26)27)31-3-4-35-6-12(31)32/h1-2,5,13H,3-4,6-8H2,(H2,28,33)(H,29,34)/t13-/m1/s1. The van der Waals surface area contributed by atoms with Crippen molar-refractivity contribution in [2.75, 3.05) is 43.1 Å². The third-order valence-electron chi connectivity index (χ3n) is 4.49. The highest BCUT2D eigenvalue weighted by atomic mass is 19.4. The van der Waals surface area contributed by atoms with Crippen LogP contribution in [0.25, 0.3) is 0 Å². The van der Waals surface area contributed by atoms with Gasteiger partial charge in [0.25, 0.3) is 11.8 Å². The van der Waals surface area contributed by atoms with E-state index in [-0.39, 0.29) is 13.2 Å². The van der Waals surface area contributed by atoms with Crippen LogP contribution < -0.4 is 16.0 Å². The number of nitrogens with one attached hydrogen (secondary N) is 1. The van der Waals surface area contributed by atoms with Gasteiger partial charge < -0.3 is 20.7 Å². The first kappa shape index (κ1) is 28.2. The Morgan fingerprint density at radius 2 is 1.63 bits per heavy atom. The third kappa shape index (κ3) is 7.98. The average Bonchev–Trinajstić information content (AvgIpc) is 2.65. The summed E-state index contributed by atoms with van der Waals surface area (Å²) >= 11 is 0. The molecule has 0 saturated carbocycles. The topological polar surface area (TPSA) is 105 Å². The van der Waals surface area contributed by atoms with Crippen molar-refractivity contribution in [1.29, 1.82) is 0 Å². The van der Waals surface area contributed by atoms with Crippen LogP contribution in [0.1, 0.15) is 5.56 Å². The van der Waals surface area contributed by atoms with Crippen LogP contribution in [0.4, 0.5) is 50.9 Å². The number of halogens is 9. The van der Waals surface area contributed by atoms with Crippen LogP contribution in [0.15, 0.2) is 18.2 Å². The van der Waals surface area contributed by atoms with Gasteiger partial charge in [0.05, 0.1) is 30.9 Å². The molecule has 196 valence electrons. The van der Waals surface area contributed by atoms with Crippen molar-refractivity contribution in [2.45, 2.75) is 24.6 Å². The van der Waals surface area contributed by atoms with Gasteiger partial charge in [-0.3, -0.25) is 19.3 Å². The van der Waals surface area contributed by atoms with Crippen molar-refractivity contribution >= 4 is 29.1 Å². The molecule has 3 amide bonds. The Morgan fingerprint density at radius 3 is 2.09 bits per heavy atom. The van der Waals surface area contributed by atoms with Crippen molar-refractivity contribution in [3.63, 3.8) is 0 Å². The minimum absolute atomic E-state index is 0.0734. The fraction of sp³-hybridized carbons (Fsp3) is 0.500. The van der Waals surface area contributed by atoms with Gasteiger partial charge in [0.2, 0.25) is 5.91 Å². The fourth-order valence-electron chi connectivity index (χ4n) is 3.23. The van der Waals surface area contributed by atoms with Gasteiger partial charge in [0.15, 0.2) is 6.04 Å². The Hall–Kier alpha value is -3.08. The number of benzene rings is 1. The van der Waals surface area contributed by atoms with Crippen molar-refractivity contribution < 1.29 is 58.6 Å². The highest BCUT2D eigenvalue weighted by Gasteiger charge is 2.45. The first-order valence-corrected chi connectivity index (χ1v) is 9.46. The summed E-state index contributed by atoms with van der Waals surface area (Å²) in [6, 6.07) is -0.926. The minimum Gasteiger partial charge on any atom is -0.370 e. The largest absolute Gasteiger partial charge is 0.418 e. The van der Waals surface area contributed by atoms with Gasteiger partial charge in [-0.25, -0.2) is 0 Å². The third-order valence-corrected chi connectivity index (χ3v) is 4.49. The Bertz CT molecular complexity index is 947. The minimum atomic E-state index is -5.28. The highest BCUT2D eigenvalue weighted by Crippen LogP contribution is 2.39. The Morgan fingerprint density at radius 1 is 1.06 bits per heavy atom. The number of carbonyl (C=O) groups is 3. The second-order valence-electron chi connectivity index (χ2n) is 7.26. The van der Waals surface area contributed by atoms with Gasteiger partial charge in [-0.1, -0.05) is 0 Å². The molecular formula is C18H17F9N4O4. The Labute approximate surface area is 190 Å². The predicted molar refractivity (Wildman–Crippen MR) is 99.9 cm³/mol. The van der Waals surface area contributed by atoms with E-state index >= 15 is 0 Å². The molecule has 2 rings (SSSR count). The number of hydrogen-bond acceptors (Lipinski definition) is 5. The molecule has 17 heteroatoms. The average molecular weight is 524 g/mol. The molecule has 0 unspecified atom stereocenters.